The molecule has 43 heavy (non-hydrogen) atoms. The molecule has 0 bridgehead atoms. The second kappa shape index (κ2) is 17.0. The van der Waals surface area contributed by atoms with Crippen LogP contribution in [0.15, 0.2) is 109 Å². The molecule has 0 saturated carbocycles. The van der Waals surface area contributed by atoms with Crippen LogP contribution in [-0.2, 0) is 12.8 Å². The van der Waals surface area contributed by atoms with Crippen LogP contribution in [0.1, 0.15) is 44.7 Å². The van der Waals surface area contributed by atoms with Crippen molar-refractivity contribution in [3.8, 4) is 11.5 Å². The Labute approximate surface area is 253 Å². The molecule has 0 aliphatic rings. The Hall–Kier alpha value is -4.30. The number of carbonyl (C=O) groups excluding carboxylic acids is 2. The highest BCUT2D eigenvalue weighted by Crippen LogP contribution is 2.22. The van der Waals surface area contributed by atoms with E-state index in [1.165, 1.54) is 0 Å². The predicted octanol–water partition coefficient (Wildman–Crippen LogP) is 5.09. The van der Waals surface area contributed by atoms with Gasteiger partial charge in [-0.25, -0.2) is 0 Å². The minimum atomic E-state index is -0.858. The van der Waals surface area contributed by atoms with Gasteiger partial charge in [-0.05, 0) is 48.2 Å². The van der Waals surface area contributed by atoms with Crippen molar-refractivity contribution >= 4 is 11.6 Å². The van der Waals surface area contributed by atoms with E-state index in [4.69, 9.17) is 9.47 Å². The van der Waals surface area contributed by atoms with Crippen molar-refractivity contribution in [2.45, 2.75) is 37.9 Å². The number of para-hydroxylation sites is 2. The zero-order valence-corrected chi connectivity index (χ0v) is 24.2. The average Bonchev–Trinajstić information content (AvgIpc) is 3.05. The molecule has 4 rings (SSSR count). The molecule has 7 heteroatoms. The Morgan fingerprint density at radius 2 is 0.930 bits per heavy atom. The molecule has 3 N–H and O–H groups in total. The van der Waals surface area contributed by atoms with E-state index in [2.05, 4.69) is 5.32 Å². The van der Waals surface area contributed by atoms with Crippen LogP contribution in [0.25, 0.3) is 0 Å². The van der Waals surface area contributed by atoms with Gasteiger partial charge in [-0.2, -0.15) is 0 Å². The number of benzene rings is 4. The van der Waals surface area contributed by atoms with E-state index in [0.29, 0.717) is 48.3 Å². The summed E-state index contributed by atoms with van der Waals surface area (Å²) in [6, 6.07) is 33.8. The maximum atomic E-state index is 12.8. The highest BCUT2D eigenvalue weighted by molar-refractivity contribution is 5.99. The lowest BCUT2D eigenvalue weighted by Crippen LogP contribution is -2.38. The number of aryl methyl sites for hydroxylation is 2. The van der Waals surface area contributed by atoms with Gasteiger partial charge in [-0.1, -0.05) is 84.9 Å². The van der Waals surface area contributed by atoms with E-state index >= 15 is 0 Å². The molecule has 0 aromatic heterocycles. The molecule has 0 radical (unpaired) electrons. The first-order valence-electron chi connectivity index (χ1n) is 14.6. The molecule has 0 aliphatic carbocycles. The van der Waals surface area contributed by atoms with Crippen molar-refractivity contribution in [1.29, 1.82) is 0 Å². The fourth-order valence-electron chi connectivity index (χ4n) is 4.63. The lowest BCUT2D eigenvalue weighted by molar-refractivity contribution is 0.0835. The second-order valence-corrected chi connectivity index (χ2v) is 10.4. The smallest absolute Gasteiger partial charge is 0.166 e. The number of rotatable bonds is 18. The van der Waals surface area contributed by atoms with Gasteiger partial charge in [0.05, 0.1) is 11.1 Å². The fourth-order valence-corrected chi connectivity index (χ4v) is 4.63. The van der Waals surface area contributed by atoms with Crippen LogP contribution < -0.4 is 14.8 Å². The van der Waals surface area contributed by atoms with Crippen LogP contribution in [0.3, 0.4) is 0 Å². The summed E-state index contributed by atoms with van der Waals surface area (Å²) in [4.78, 5) is 25.7. The Bertz CT molecular complexity index is 1320. The molecule has 0 spiro atoms. The molecule has 0 amide bonds. The summed E-state index contributed by atoms with van der Waals surface area (Å²) in [6.07, 6.45) is 0.291. The van der Waals surface area contributed by atoms with E-state index < -0.39 is 12.2 Å². The Kier molecular flexibility index (Phi) is 12.5. The summed E-state index contributed by atoms with van der Waals surface area (Å²) in [6.45, 7) is 0.327. The summed E-state index contributed by atoms with van der Waals surface area (Å²) in [5, 5.41) is 23.9. The predicted molar refractivity (Wildman–Crippen MR) is 167 cm³/mol. The van der Waals surface area contributed by atoms with Gasteiger partial charge in [0.1, 0.15) is 36.9 Å². The normalized spacial score (nSPS) is 12.3. The van der Waals surface area contributed by atoms with Gasteiger partial charge in [0.15, 0.2) is 11.6 Å². The lowest BCUT2D eigenvalue weighted by atomic mass is 10.0. The van der Waals surface area contributed by atoms with Crippen molar-refractivity contribution < 1.29 is 29.3 Å². The number of carbonyl (C=O) groups is 2. The molecule has 2 atom stereocenters. The van der Waals surface area contributed by atoms with E-state index in [1.54, 1.807) is 48.5 Å². The van der Waals surface area contributed by atoms with Crippen LogP contribution in [0.4, 0.5) is 0 Å². The molecular weight excluding hydrogens is 542 g/mol. The van der Waals surface area contributed by atoms with Crippen molar-refractivity contribution in [3.05, 3.63) is 131 Å². The van der Waals surface area contributed by atoms with Crippen molar-refractivity contribution in [3.63, 3.8) is 0 Å². The Morgan fingerprint density at radius 3 is 1.35 bits per heavy atom. The maximum Gasteiger partial charge on any atom is 0.166 e. The molecular formula is C36H39NO6. The summed E-state index contributed by atoms with van der Waals surface area (Å²) < 4.78 is 11.6. The molecule has 4 aromatic rings. The number of aliphatic hydroxyl groups excluding tert-OH is 2. The molecule has 0 fully saturated rings. The van der Waals surface area contributed by atoms with Crippen LogP contribution in [0.5, 0.6) is 11.5 Å². The fraction of sp³-hybridized carbons (Fsp3) is 0.278. The highest BCUT2D eigenvalue weighted by atomic mass is 16.5. The maximum absolute atomic E-state index is 12.8. The van der Waals surface area contributed by atoms with E-state index in [1.807, 2.05) is 60.7 Å². The van der Waals surface area contributed by atoms with Gasteiger partial charge in [0, 0.05) is 25.9 Å². The third kappa shape index (κ3) is 10.5. The SMILES string of the molecule is O=C(CCc1ccccc1)c1ccccc1OCC(O)CNCC(O)COc1ccccc1C(=O)CCc1ccccc1. The van der Waals surface area contributed by atoms with E-state index in [0.717, 1.165) is 11.1 Å². The van der Waals surface area contributed by atoms with Gasteiger partial charge in [-0.3, -0.25) is 9.59 Å². The first kappa shape index (κ1) is 31.6. The third-order valence-corrected chi connectivity index (χ3v) is 6.96. The van der Waals surface area contributed by atoms with Crippen molar-refractivity contribution in [2.75, 3.05) is 26.3 Å². The number of ketones is 2. The molecule has 0 saturated heterocycles. The largest absolute Gasteiger partial charge is 0.490 e. The van der Waals surface area contributed by atoms with Crippen molar-refractivity contribution in [2.24, 2.45) is 0 Å². The van der Waals surface area contributed by atoms with Gasteiger partial charge < -0.3 is 25.0 Å². The topological polar surface area (TPSA) is 105 Å². The van der Waals surface area contributed by atoms with Gasteiger partial charge >= 0.3 is 0 Å². The molecule has 7 nitrogen and oxygen atoms in total. The summed E-state index contributed by atoms with van der Waals surface area (Å²) in [5.74, 6) is 0.833. The second-order valence-electron chi connectivity index (χ2n) is 10.4. The Morgan fingerprint density at radius 1 is 0.558 bits per heavy atom. The first-order valence-corrected chi connectivity index (χ1v) is 14.6. The lowest BCUT2D eigenvalue weighted by Gasteiger charge is -2.18. The van der Waals surface area contributed by atoms with Crippen LogP contribution in [0, 0.1) is 0 Å². The minimum absolute atomic E-state index is 0.0129. The average molecular weight is 582 g/mol. The number of hydrogen-bond acceptors (Lipinski definition) is 7. The molecule has 224 valence electrons. The number of hydrogen-bond donors (Lipinski definition) is 3. The summed E-state index contributed by atoms with van der Waals surface area (Å²) in [5.41, 5.74) is 3.18. The molecule has 2 unspecified atom stereocenters. The van der Waals surface area contributed by atoms with E-state index in [9.17, 15) is 19.8 Å². The van der Waals surface area contributed by atoms with Crippen molar-refractivity contribution in [1.82, 2.24) is 5.32 Å². The zero-order chi connectivity index (χ0) is 30.3. The zero-order valence-electron chi connectivity index (χ0n) is 24.2. The highest BCUT2D eigenvalue weighted by Gasteiger charge is 2.16. The first-order chi connectivity index (χ1) is 21.0. The summed E-state index contributed by atoms with van der Waals surface area (Å²) >= 11 is 0. The monoisotopic (exact) mass is 581 g/mol. The van der Waals surface area contributed by atoms with Gasteiger partial charge in [0.25, 0.3) is 0 Å². The molecule has 4 aromatic carbocycles. The van der Waals surface area contributed by atoms with Crippen LogP contribution in [0.2, 0.25) is 0 Å². The number of aliphatic hydroxyl groups is 2. The number of Topliss-reactive ketones (excluding diaryl/α,β-unsaturated/α-hetero) is 2. The number of nitrogens with one attached hydrogen (secondary N) is 1. The molecule has 0 heterocycles. The van der Waals surface area contributed by atoms with Crippen LogP contribution >= 0.6 is 0 Å². The van der Waals surface area contributed by atoms with Gasteiger partial charge in [0.2, 0.25) is 0 Å². The van der Waals surface area contributed by atoms with Gasteiger partial charge in [-0.15, -0.1) is 0 Å². The summed E-state index contributed by atoms with van der Waals surface area (Å²) in [7, 11) is 0. The van der Waals surface area contributed by atoms with Crippen LogP contribution in [-0.4, -0.2) is 60.3 Å². The minimum Gasteiger partial charge on any atom is -0.490 e. The number of ether oxygens (including phenoxy) is 2. The Balaban J connectivity index is 1.17. The quantitative estimate of drug-likeness (QED) is 0.141. The molecule has 0 aliphatic heterocycles. The van der Waals surface area contributed by atoms with E-state index in [-0.39, 0.29) is 37.9 Å². The standard InChI is InChI=1S/C36H39NO6/c38-29(25-42-35-17-9-7-15-31(35)33(40)21-19-27-11-3-1-4-12-27)23-37-24-30(39)26-43-36-18-10-8-16-32(36)34(41)22-20-28-13-5-2-6-14-28/h1-18,29-30,37-39H,19-26H2. The third-order valence-electron chi connectivity index (χ3n) is 6.96.